The van der Waals surface area contributed by atoms with Crippen LogP contribution in [0.4, 0.5) is 36.8 Å². The lowest BCUT2D eigenvalue weighted by molar-refractivity contribution is -0.308. The summed E-state index contributed by atoms with van der Waals surface area (Å²) in [7, 11) is 0. The smallest absolute Gasteiger partial charge is 0.426 e. The lowest BCUT2D eigenvalue weighted by Crippen LogP contribution is -2.47. The Labute approximate surface area is 145 Å². The number of ether oxygens (including phenoxy) is 1. The zero-order valence-corrected chi connectivity index (χ0v) is 13.5. The topological polar surface area (TPSA) is 32.8 Å². The number of nitrogens with zero attached hydrogens (tertiary/aromatic N) is 2. The van der Waals surface area contributed by atoms with Crippen molar-refractivity contribution in [3.63, 3.8) is 0 Å². The van der Waals surface area contributed by atoms with E-state index in [1.54, 1.807) is 6.07 Å². The molecule has 1 aromatic carbocycles. The molecule has 0 atom stereocenters. The van der Waals surface area contributed by atoms with E-state index in [1.165, 1.54) is 0 Å². The van der Waals surface area contributed by atoms with Gasteiger partial charge in [0.1, 0.15) is 0 Å². The van der Waals surface area contributed by atoms with Crippen molar-refractivity contribution in [3.8, 4) is 0 Å². The van der Waals surface area contributed by atoms with E-state index in [2.05, 4.69) is 9.64 Å². The number of benzene rings is 1. The second-order valence-electron chi connectivity index (χ2n) is 6.35. The number of carbonyl (C=O) groups is 1. The van der Waals surface area contributed by atoms with Crippen LogP contribution in [0.15, 0.2) is 18.2 Å². The fourth-order valence-corrected chi connectivity index (χ4v) is 3.18. The number of carbonyl (C=O) groups excluding carboxylic acids is 1. The lowest BCUT2D eigenvalue weighted by Gasteiger charge is -2.25. The van der Waals surface area contributed by atoms with Gasteiger partial charge >= 0.3 is 18.4 Å². The maximum atomic E-state index is 12.5. The van der Waals surface area contributed by atoms with Gasteiger partial charge in [-0.15, -0.1) is 0 Å². The van der Waals surface area contributed by atoms with Crippen LogP contribution in [0.2, 0.25) is 0 Å². The molecular weight excluding hydrogens is 366 g/mol. The number of halogens is 6. The van der Waals surface area contributed by atoms with Crippen LogP contribution >= 0.6 is 0 Å². The molecule has 1 saturated heterocycles. The van der Waals surface area contributed by atoms with E-state index < -0.39 is 24.5 Å². The van der Waals surface area contributed by atoms with E-state index >= 15 is 0 Å². The van der Waals surface area contributed by atoms with Crippen LogP contribution in [0, 0.1) is 0 Å². The molecule has 2 heterocycles. The maximum Gasteiger partial charge on any atom is 0.434 e. The van der Waals surface area contributed by atoms with Crippen LogP contribution in [0.3, 0.4) is 0 Å². The van der Waals surface area contributed by atoms with Crippen LogP contribution in [0.25, 0.3) is 0 Å². The van der Waals surface area contributed by atoms with Crippen molar-refractivity contribution in [2.45, 2.75) is 44.4 Å². The molecular formula is C16H16F6N2O2. The summed E-state index contributed by atoms with van der Waals surface area (Å²) >= 11 is 0. The van der Waals surface area contributed by atoms with Gasteiger partial charge in [0.25, 0.3) is 6.10 Å². The summed E-state index contributed by atoms with van der Waals surface area (Å²) in [5.41, 5.74) is 2.31. The van der Waals surface area contributed by atoms with Gasteiger partial charge in [0.2, 0.25) is 0 Å². The van der Waals surface area contributed by atoms with Gasteiger partial charge in [0, 0.05) is 31.9 Å². The van der Waals surface area contributed by atoms with Crippen molar-refractivity contribution in [1.82, 2.24) is 4.90 Å². The van der Waals surface area contributed by atoms with E-state index in [-0.39, 0.29) is 13.1 Å². The Morgan fingerprint density at radius 3 is 2.12 bits per heavy atom. The number of hydrogen-bond donors (Lipinski definition) is 0. The second-order valence-corrected chi connectivity index (χ2v) is 6.35. The highest BCUT2D eigenvalue weighted by Gasteiger charge is 2.60. The van der Waals surface area contributed by atoms with E-state index in [1.807, 2.05) is 12.1 Å². The van der Waals surface area contributed by atoms with Crippen LogP contribution in [0.5, 0.6) is 0 Å². The standard InChI is InChI=1S/C16H16F6N2O2/c17-15(18,19)13(16(20,21)22)26-14(25)24-8-10-3-4-12(7-11(10)9-24)23-5-1-2-6-23/h3-4,7,13H,1-2,5-6,8-9H2. The summed E-state index contributed by atoms with van der Waals surface area (Å²) in [5.74, 6) is 0. The van der Waals surface area contributed by atoms with Crippen LogP contribution in [-0.2, 0) is 17.8 Å². The Morgan fingerprint density at radius 2 is 1.54 bits per heavy atom. The third-order valence-corrected chi connectivity index (χ3v) is 4.45. The van der Waals surface area contributed by atoms with Crippen molar-refractivity contribution in [1.29, 1.82) is 0 Å². The molecule has 144 valence electrons. The molecule has 1 aromatic rings. The summed E-state index contributed by atoms with van der Waals surface area (Å²) in [6.45, 7) is 1.61. The molecule has 3 rings (SSSR count). The number of amides is 1. The summed E-state index contributed by atoms with van der Waals surface area (Å²) in [5, 5.41) is 0. The first-order chi connectivity index (χ1) is 12.1. The molecule has 26 heavy (non-hydrogen) atoms. The van der Waals surface area contributed by atoms with Crippen molar-refractivity contribution < 1.29 is 35.9 Å². The van der Waals surface area contributed by atoms with Crippen molar-refractivity contribution in [2.24, 2.45) is 0 Å². The van der Waals surface area contributed by atoms with Gasteiger partial charge in [0.15, 0.2) is 0 Å². The van der Waals surface area contributed by atoms with E-state index in [0.29, 0.717) is 11.1 Å². The Hall–Kier alpha value is -2.13. The minimum absolute atomic E-state index is 0.0850. The minimum Gasteiger partial charge on any atom is -0.426 e. The molecule has 0 unspecified atom stereocenters. The molecule has 0 spiro atoms. The van der Waals surface area contributed by atoms with Gasteiger partial charge in [0.05, 0.1) is 0 Å². The first-order valence-electron chi connectivity index (χ1n) is 8.01. The predicted molar refractivity (Wildman–Crippen MR) is 79.5 cm³/mol. The highest BCUT2D eigenvalue weighted by atomic mass is 19.4. The minimum atomic E-state index is -5.72. The monoisotopic (exact) mass is 382 g/mol. The number of anilines is 1. The lowest BCUT2D eigenvalue weighted by atomic mass is 10.1. The number of hydrogen-bond acceptors (Lipinski definition) is 3. The average Bonchev–Trinajstić information content (AvgIpc) is 3.18. The van der Waals surface area contributed by atoms with Crippen molar-refractivity contribution in [2.75, 3.05) is 18.0 Å². The Bertz CT molecular complexity index is 668. The molecule has 10 heteroatoms. The van der Waals surface area contributed by atoms with Gasteiger partial charge in [-0.05, 0) is 36.1 Å². The SMILES string of the molecule is O=C(OC(C(F)(F)F)C(F)(F)F)N1Cc2ccc(N3CCCC3)cc2C1. The first kappa shape index (κ1) is 18.7. The van der Waals surface area contributed by atoms with Gasteiger partial charge in [-0.2, -0.15) is 26.3 Å². The Kier molecular flexibility index (Phi) is 4.70. The molecule has 0 bridgehead atoms. The molecule has 0 radical (unpaired) electrons. The molecule has 0 aliphatic carbocycles. The third kappa shape index (κ3) is 3.83. The van der Waals surface area contributed by atoms with Crippen LogP contribution in [0.1, 0.15) is 24.0 Å². The highest BCUT2D eigenvalue weighted by Crippen LogP contribution is 2.37. The average molecular weight is 382 g/mol. The molecule has 1 fully saturated rings. The number of alkyl halides is 6. The fourth-order valence-electron chi connectivity index (χ4n) is 3.18. The zero-order valence-electron chi connectivity index (χ0n) is 13.5. The summed E-state index contributed by atoms with van der Waals surface area (Å²) < 4.78 is 78.9. The molecule has 0 N–H and O–H groups in total. The fraction of sp³-hybridized carbons (Fsp3) is 0.562. The molecule has 0 aromatic heterocycles. The van der Waals surface area contributed by atoms with Gasteiger partial charge in [-0.3, -0.25) is 4.90 Å². The van der Waals surface area contributed by atoms with E-state index in [9.17, 15) is 31.1 Å². The normalized spacial score (nSPS) is 17.8. The third-order valence-electron chi connectivity index (χ3n) is 4.45. The quantitative estimate of drug-likeness (QED) is 0.718. The van der Waals surface area contributed by atoms with Crippen molar-refractivity contribution in [3.05, 3.63) is 29.3 Å². The molecule has 2 aliphatic rings. The Morgan fingerprint density at radius 1 is 0.962 bits per heavy atom. The molecule has 4 nitrogen and oxygen atoms in total. The molecule has 1 amide bonds. The van der Waals surface area contributed by atoms with Gasteiger partial charge in [-0.1, -0.05) is 6.07 Å². The van der Waals surface area contributed by atoms with Crippen LogP contribution in [-0.4, -0.2) is 42.5 Å². The largest absolute Gasteiger partial charge is 0.434 e. The van der Waals surface area contributed by atoms with Crippen LogP contribution < -0.4 is 4.90 Å². The summed E-state index contributed by atoms with van der Waals surface area (Å²) in [6, 6.07) is 5.40. The van der Waals surface area contributed by atoms with E-state index in [0.717, 1.165) is 36.5 Å². The zero-order chi connectivity index (χ0) is 19.1. The number of rotatable bonds is 2. The highest BCUT2D eigenvalue weighted by molar-refractivity contribution is 5.69. The maximum absolute atomic E-state index is 12.5. The first-order valence-corrected chi connectivity index (χ1v) is 8.01. The predicted octanol–water partition coefficient (Wildman–Crippen LogP) is 4.23. The Balaban J connectivity index is 1.69. The summed E-state index contributed by atoms with van der Waals surface area (Å²) in [6.07, 6.45) is -15.1. The summed E-state index contributed by atoms with van der Waals surface area (Å²) in [4.78, 5) is 14.8. The van der Waals surface area contributed by atoms with Gasteiger partial charge < -0.3 is 9.64 Å². The molecule has 0 saturated carbocycles. The molecule has 2 aliphatic heterocycles. The second kappa shape index (κ2) is 6.55. The van der Waals surface area contributed by atoms with Crippen molar-refractivity contribution >= 4 is 11.8 Å². The number of fused-ring (bicyclic) bond motifs is 1. The van der Waals surface area contributed by atoms with E-state index in [4.69, 9.17) is 0 Å². The van der Waals surface area contributed by atoms with Gasteiger partial charge in [-0.25, -0.2) is 4.79 Å².